The van der Waals surface area contributed by atoms with Gasteiger partial charge in [0.05, 0.1) is 17.3 Å². The molecule has 0 aromatic carbocycles. The third-order valence-corrected chi connectivity index (χ3v) is 2.28. The lowest BCUT2D eigenvalue weighted by Gasteiger charge is -2.39. The van der Waals surface area contributed by atoms with Crippen LogP contribution in [0.2, 0.25) is 0 Å². The van der Waals surface area contributed by atoms with Crippen molar-refractivity contribution < 1.29 is 15.3 Å². The first-order valence-electron chi connectivity index (χ1n) is 4.68. The van der Waals surface area contributed by atoms with E-state index in [0.29, 0.717) is 6.42 Å². The first kappa shape index (κ1) is 12.9. The summed E-state index contributed by atoms with van der Waals surface area (Å²) < 4.78 is 0. The molecule has 0 amide bonds. The van der Waals surface area contributed by atoms with Crippen LogP contribution in [0.5, 0.6) is 0 Å². The minimum Gasteiger partial charge on any atom is -0.393 e. The largest absolute Gasteiger partial charge is 0.393 e. The van der Waals surface area contributed by atoms with Crippen LogP contribution in [-0.4, -0.2) is 32.6 Å². The van der Waals surface area contributed by atoms with E-state index in [1.54, 1.807) is 34.6 Å². The third-order valence-electron chi connectivity index (χ3n) is 2.28. The Balaban J connectivity index is 4.58. The molecule has 0 bridgehead atoms. The van der Waals surface area contributed by atoms with E-state index in [0.717, 1.165) is 0 Å². The van der Waals surface area contributed by atoms with Gasteiger partial charge in [-0.25, -0.2) is 0 Å². The monoisotopic (exact) mass is 190 g/mol. The maximum absolute atomic E-state index is 9.79. The highest BCUT2D eigenvalue weighted by Gasteiger charge is 2.38. The Morgan fingerprint density at radius 3 is 1.38 bits per heavy atom. The second-order valence-corrected chi connectivity index (χ2v) is 4.94. The van der Waals surface area contributed by atoms with Crippen LogP contribution in [-0.2, 0) is 0 Å². The van der Waals surface area contributed by atoms with Gasteiger partial charge in [0.2, 0.25) is 0 Å². The highest BCUT2D eigenvalue weighted by atomic mass is 16.3. The first-order valence-corrected chi connectivity index (χ1v) is 4.68. The second kappa shape index (κ2) is 3.95. The van der Waals surface area contributed by atoms with Crippen LogP contribution < -0.4 is 0 Å². The van der Waals surface area contributed by atoms with Crippen LogP contribution in [0.25, 0.3) is 0 Å². The highest BCUT2D eigenvalue weighted by Crippen LogP contribution is 2.31. The van der Waals surface area contributed by atoms with Crippen molar-refractivity contribution in [1.29, 1.82) is 0 Å². The molecule has 0 aromatic rings. The van der Waals surface area contributed by atoms with E-state index in [4.69, 9.17) is 0 Å². The van der Waals surface area contributed by atoms with Crippen LogP contribution >= 0.6 is 0 Å². The Kier molecular flexibility index (Phi) is 3.91. The fraction of sp³-hybridized carbons (Fsp3) is 1.00. The molecule has 0 aliphatic carbocycles. The Hall–Kier alpha value is -0.120. The third kappa shape index (κ3) is 4.60. The fourth-order valence-electron chi connectivity index (χ4n) is 1.78. The predicted molar refractivity (Wildman–Crippen MR) is 52.4 cm³/mol. The molecule has 3 nitrogen and oxygen atoms in total. The maximum atomic E-state index is 9.79. The summed E-state index contributed by atoms with van der Waals surface area (Å²) in [6.45, 7) is 8.26. The summed E-state index contributed by atoms with van der Waals surface area (Å²) >= 11 is 0. The van der Waals surface area contributed by atoms with E-state index in [2.05, 4.69) is 0 Å². The summed E-state index contributed by atoms with van der Waals surface area (Å²) in [7, 11) is 0. The van der Waals surface area contributed by atoms with Gasteiger partial charge in [0.25, 0.3) is 0 Å². The lowest BCUT2D eigenvalue weighted by molar-refractivity contribution is -0.105. The minimum absolute atomic E-state index is 0.333. The van der Waals surface area contributed by atoms with Gasteiger partial charge in [-0.2, -0.15) is 0 Å². The zero-order valence-electron chi connectivity index (χ0n) is 9.20. The highest BCUT2D eigenvalue weighted by molar-refractivity contribution is 4.89. The van der Waals surface area contributed by atoms with Crippen molar-refractivity contribution in [3.8, 4) is 0 Å². The quantitative estimate of drug-likeness (QED) is 0.617. The Bertz CT molecular complexity index is 137. The van der Waals surface area contributed by atoms with Crippen molar-refractivity contribution in [3.63, 3.8) is 0 Å². The number of aliphatic hydroxyl groups excluding tert-OH is 1. The summed E-state index contributed by atoms with van der Waals surface area (Å²) in [4.78, 5) is 0. The van der Waals surface area contributed by atoms with E-state index in [-0.39, 0.29) is 5.92 Å². The molecule has 0 aliphatic heterocycles. The molecule has 0 heterocycles. The average molecular weight is 190 g/mol. The fourth-order valence-corrected chi connectivity index (χ4v) is 1.78. The number of hydrogen-bond donors (Lipinski definition) is 3. The standard InChI is InChI=1S/C10H22O3/c1-7(11)6-8(9(2,3)12)10(4,5)13/h7-8,11-13H,6H2,1-5H3. The molecule has 0 saturated carbocycles. The van der Waals surface area contributed by atoms with Crippen LogP contribution in [0.1, 0.15) is 41.0 Å². The van der Waals surface area contributed by atoms with Crippen LogP contribution in [0.15, 0.2) is 0 Å². The maximum Gasteiger partial charge on any atom is 0.0647 e. The Morgan fingerprint density at radius 2 is 1.31 bits per heavy atom. The van der Waals surface area contributed by atoms with Crippen molar-refractivity contribution in [3.05, 3.63) is 0 Å². The van der Waals surface area contributed by atoms with Gasteiger partial charge in [0.15, 0.2) is 0 Å². The topological polar surface area (TPSA) is 60.7 Å². The van der Waals surface area contributed by atoms with Crippen LogP contribution in [0, 0.1) is 5.92 Å². The molecule has 0 aromatic heterocycles. The number of hydrogen-bond acceptors (Lipinski definition) is 3. The summed E-state index contributed by atoms with van der Waals surface area (Å²) in [5, 5.41) is 28.8. The summed E-state index contributed by atoms with van der Waals surface area (Å²) in [5.74, 6) is -0.333. The molecule has 3 N–H and O–H groups in total. The molecule has 3 heteroatoms. The van der Waals surface area contributed by atoms with E-state index in [1.807, 2.05) is 0 Å². The molecule has 0 spiro atoms. The summed E-state index contributed by atoms with van der Waals surface area (Å²) in [6, 6.07) is 0. The van der Waals surface area contributed by atoms with E-state index in [1.165, 1.54) is 0 Å². The van der Waals surface area contributed by atoms with E-state index < -0.39 is 17.3 Å². The molecule has 0 aliphatic rings. The smallest absolute Gasteiger partial charge is 0.0647 e. The normalized spacial score (nSPS) is 16.4. The second-order valence-electron chi connectivity index (χ2n) is 4.94. The molecule has 1 unspecified atom stereocenters. The average Bonchev–Trinajstić information content (AvgIpc) is 1.77. The Labute approximate surface area is 80.4 Å². The molecule has 0 saturated heterocycles. The van der Waals surface area contributed by atoms with Crippen molar-refractivity contribution in [2.45, 2.75) is 58.3 Å². The first-order chi connectivity index (χ1) is 5.55. The van der Waals surface area contributed by atoms with Gasteiger partial charge < -0.3 is 15.3 Å². The van der Waals surface area contributed by atoms with Gasteiger partial charge >= 0.3 is 0 Å². The van der Waals surface area contributed by atoms with Gasteiger partial charge in [-0.3, -0.25) is 0 Å². The molecule has 13 heavy (non-hydrogen) atoms. The zero-order chi connectivity index (χ0) is 10.9. The van der Waals surface area contributed by atoms with Gasteiger partial charge in [-0.15, -0.1) is 0 Å². The molecule has 0 fully saturated rings. The summed E-state index contributed by atoms with van der Waals surface area (Å²) in [6.07, 6.45) is -0.115. The number of aliphatic hydroxyl groups is 3. The van der Waals surface area contributed by atoms with Crippen LogP contribution in [0.4, 0.5) is 0 Å². The Morgan fingerprint density at radius 1 is 1.00 bits per heavy atom. The van der Waals surface area contributed by atoms with E-state index >= 15 is 0 Å². The molecule has 0 rings (SSSR count). The molecule has 1 atom stereocenters. The van der Waals surface area contributed by atoms with Gasteiger partial charge in [0.1, 0.15) is 0 Å². The van der Waals surface area contributed by atoms with E-state index in [9.17, 15) is 15.3 Å². The molecular formula is C10H22O3. The predicted octanol–water partition coefficient (Wildman–Crippen LogP) is 0.915. The lowest BCUT2D eigenvalue weighted by atomic mass is 9.76. The SMILES string of the molecule is CC(O)CC(C(C)(C)O)C(C)(C)O. The van der Waals surface area contributed by atoms with Crippen molar-refractivity contribution in [2.24, 2.45) is 5.92 Å². The van der Waals surface area contributed by atoms with Gasteiger partial charge in [0, 0.05) is 5.92 Å². The zero-order valence-corrected chi connectivity index (χ0v) is 9.20. The van der Waals surface area contributed by atoms with Crippen molar-refractivity contribution in [2.75, 3.05) is 0 Å². The van der Waals surface area contributed by atoms with Gasteiger partial charge in [-0.05, 0) is 41.0 Å². The van der Waals surface area contributed by atoms with Gasteiger partial charge in [-0.1, -0.05) is 0 Å². The number of rotatable bonds is 4. The van der Waals surface area contributed by atoms with Crippen molar-refractivity contribution >= 4 is 0 Å². The van der Waals surface area contributed by atoms with Crippen LogP contribution in [0.3, 0.4) is 0 Å². The summed E-state index contributed by atoms with van der Waals surface area (Å²) in [5.41, 5.74) is -1.95. The molecule has 0 radical (unpaired) electrons. The minimum atomic E-state index is -0.977. The lowest BCUT2D eigenvalue weighted by Crippen LogP contribution is -2.46. The molecule has 80 valence electrons. The molecular weight excluding hydrogens is 168 g/mol. The van der Waals surface area contributed by atoms with Crippen molar-refractivity contribution in [1.82, 2.24) is 0 Å².